The molecule has 3 atom stereocenters. The van der Waals surface area contributed by atoms with E-state index in [2.05, 4.69) is 56.4 Å². The van der Waals surface area contributed by atoms with Crippen LogP contribution in [0.4, 0.5) is 0 Å². The van der Waals surface area contributed by atoms with Gasteiger partial charge in [-0.2, -0.15) is 0 Å². The lowest BCUT2D eigenvalue weighted by atomic mass is 9.87. The van der Waals surface area contributed by atoms with Crippen molar-refractivity contribution in [2.75, 3.05) is 0 Å². The van der Waals surface area contributed by atoms with E-state index in [4.69, 9.17) is 0 Å². The minimum atomic E-state index is 0.529. The van der Waals surface area contributed by atoms with Gasteiger partial charge in [-0.1, -0.05) is 70.4 Å². The van der Waals surface area contributed by atoms with Gasteiger partial charge in [-0.05, 0) is 30.2 Å². The summed E-state index contributed by atoms with van der Waals surface area (Å²) in [5, 5.41) is 3.98. The molecule has 0 aliphatic heterocycles. The van der Waals surface area contributed by atoms with Gasteiger partial charge in [-0.15, -0.1) is 0 Å². The van der Waals surface area contributed by atoms with Crippen molar-refractivity contribution in [2.24, 2.45) is 11.8 Å². The average molecular weight is 259 g/mol. The molecule has 1 N–H and O–H groups in total. The summed E-state index contributed by atoms with van der Waals surface area (Å²) >= 11 is 0. The first-order valence-electron chi connectivity index (χ1n) is 8.07. The quantitative estimate of drug-likeness (QED) is 0.763. The Morgan fingerprint density at radius 1 is 1.11 bits per heavy atom. The maximum atomic E-state index is 3.98. The molecule has 0 amide bonds. The molecule has 0 aromatic heterocycles. The summed E-state index contributed by atoms with van der Waals surface area (Å²) < 4.78 is 0. The molecule has 1 aliphatic rings. The van der Waals surface area contributed by atoms with E-state index in [0.29, 0.717) is 12.1 Å². The van der Waals surface area contributed by atoms with Gasteiger partial charge in [0.25, 0.3) is 0 Å². The molecule has 0 radical (unpaired) electrons. The maximum Gasteiger partial charge on any atom is 0.0350 e. The Labute approximate surface area is 118 Å². The molecule has 2 rings (SSSR count). The molecule has 3 unspecified atom stereocenters. The Balaban J connectivity index is 2.14. The highest BCUT2D eigenvalue weighted by Crippen LogP contribution is 2.32. The van der Waals surface area contributed by atoms with Crippen molar-refractivity contribution >= 4 is 0 Å². The molecule has 0 bridgehead atoms. The van der Waals surface area contributed by atoms with E-state index in [1.165, 1.54) is 37.7 Å². The lowest BCUT2D eigenvalue weighted by molar-refractivity contribution is 0.285. The molecule has 1 aromatic carbocycles. The lowest BCUT2D eigenvalue weighted by Crippen LogP contribution is -2.38. The second kappa shape index (κ2) is 7.09. The summed E-state index contributed by atoms with van der Waals surface area (Å²) in [6.07, 6.45) is 6.64. The summed E-state index contributed by atoms with van der Waals surface area (Å²) in [4.78, 5) is 0. The van der Waals surface area contributed by atoms with E-state index in [0.717, 1.165) is 11.8 Å². The van der Waals surface area contributed by atoms with Gasteiger partial charge in [0, 0.05) is 12.1 Å². The Morgan fingerprint density at radius 2 is 1.79 bits per heavy atom. The molecule has 1 fully saturated rings. The first kappa shape index (κ1) is 14.6. The molecule has 1 nitrogen and oxygen atoms in total. The first-order chi connectivity index (χ1) is 9.26. The fraction of sp³-hybridized carbons (Fsp3) is 0.667. The van der Waals surface area contributed by atoms with Gasteiger partial charge in [0.2, 0.25) is 0 Å². The molecule has 1 heteroatoms. The topological polar surface area (TPSA) is 12.0 Å². The van der Waals surface area contributed by atoms with Gasteiger partial charge in [0.1, 0.15) is 0 Å². The Morgan fingerprint density at radius 3 is 2.32 bits per heavy atom. The third kappa shape index (κ3) is 3.60. The third-order valence-corrected chi connectivity index (χ3v) is 4.93. The van der Waals surface area contributed by atoms with Crippen LogP contribution in [0.5, 0.6) is 0 Å². The fourth-order valence-corrected chi connectivity index (χ4v) is 3.55. The van der Waals surface area contributed by atoms with Crippen molar-refractivity contribution in [3.05, 3.63) is 35.9 Å². The molecular formula is C18H29N. The number of hydrogen-bond acceptors (Lipinski definition) is 1. The van der Waals surface area contributed by atoms with E-state index in [-0.39, 0.29) is 0 Å². The number of rotatable bonds is 6. The molecule has 1 aromatic rings. The predicted octanol–water partition coefficient (Wildman–Crippen LogP) is 4.94. The lowest BCUT2D eigenvalue weighted by Gasteiger charge is -2.31. The van der Waals surface area contributed by atoms with Crippen LogP contribution >= 0.6 is 0 Å². The molecule has 0 heterocycles. The summed E-state index contributed by atoms with van der Waals surface area (Å²) in [5.74, 6) is 1.58. The van der Waals surface area contributed by atoms with Crippen molar-refractivity contribution in [3.8, 4) is 0 Å². The van der Waals surface area contributed by atoms with Crippen molar-refractivity contribution in [3.63, 3.8) is 0 Å². The molecule has 106 valence electrons. The normalized spacial score (nSPS) is 24.8. The van der Waals surface area contributed by atoms with Crippen LogP contribution in [0.3, 0.4) is 0 Å². The van der Waals surface area contributed by atoms with E-state index in [1.807, 2.05) is 0 Å². The molecule has 0 spiro atoms. The van der Waals surface area contributed by atoms with E-state index in [9.17, 15) is 0 Å². The summed E-state index contributed by atoms with van der Waals surface area (Å²) in [5.41, 5.74) is 1.47. The van der Waals surface area contributed by atoms with E-state index >= 15 is 0 Å². The van der Waals surface area contributed by atoms with Crippen LogP contribution in [0.25, 0.3) is 0 Å². The summed E-state index contributed by atoms with van der Waals surface area (Å²) in [7, 11) is 0. The Kier molecular flexibility index (Phi) is 5.45. The van der Waals surface area contributed by atoms with Crippen LogP contribution < -0.4 is 5.32 Å². The fourth-order valence-electron chi connectivity index (χ4n) is 3.55. The van der Waals surface area contributed by atoms with Crippen LogP contribution in [0, 0.1) is 11.8 Å². The zero-order valence-electron chi connectivity index (χ0n) is 12.7. The van der Waals surface area contributed by atoms with Crippen LogP contribution in [-0.4, -0.2) is 6.04 Å². The number of hydrogen-bond donors (Lipinski definition) is 1. The third-order valence-electron chi connectivity index (χ3n) is 4.93. The summed E-state index contributed by atoms with van der Waals surface area (Å²) in [6.45, 7) is 7.05. The van der Waals surface area contributed by atoms with Crippen LogP contribution in [0.2, 0.25) is 0 Å². The monoisotopic (exact) mass is 259 g/mol. The second-order valence-corrected chi connectivity index (χ2v) is 6.15. The Bertz CT molecular complexity index is 355. The van der Waals surface area contributed by atoms with Gasteiger partial charge in [-0.25, -0.2) is 0 Å². The minimum absolute atomic E-state index is 0.529. The van der Waals surface area contributed by atoms with E-state index < -0.39 is 0 Å². The van der Waals surface area contributed by atoms with Crippen molar-refractivity contribution in [2.45, 2.75) is 65.0 Å². The van der Waals surface area contributed by atoms with Gasteiger partial charge >= 0.3 is 0 Å². The zero-order chi connectivity index (χ0) is 13.7. The van der Waals surface area contributed by atoms with Gasteiger partial charge < -0.3 is 5.32 Å². The van der Waals surface area contributed by atoms with Crippen LogP contribution in [-0.2, 0) is 0 Å². The highest BCUT2D eigenvalue weighted by atomic mass is 15.0. The molecular weight excluding hydrogens is 230 g/mol. The Hall–Kier alpha value is -0.820. The van der Waals surface area contributed by atoms with Gasteiger partial charge in [0.05, 0.1) is 0 Å². The molecule has 0 saturated heterocycles. The molecule has 1 aliphatic carbocycles. The smallest absolute Gasteiger partial charge is 0.0350 e. The van der Waals surface area contributed by atoms with Gasteiger partial charge in [-0.3, -0.25) is 0 Å². The second-order valence-electron chi connectivity index (χ2n) is 6.15. The predicted molar refractivity (Wildman–Crippen MR) is 83.2 cm³/mol. The standard InChI is InChI=1S/C18H29N/c1-4-15(5-2)18(16-11-7-6-8-12-16)19-17-13-9-10-14(17)3/h6-8,11-12,14-15,17-19H,4-5,9-10,13H2,1-3H3. The van der Waals surface area contributed by atoms with Gasteiger partial charge in [0.15, 0.2) is 0 Å². The van der Waals surface area contributed by atoms with Crippen molar-refractivity contribution < 1.29 is 0 Å². The zero-order valence-corrected chi connectivity index (χ0v) is 12.7. The highest BCUT2D eigenvalue weighted by Gasteiger charge is 2.28. The first-order valence-corrected chi connectivity index (χ1v) is 8.07. The number of benzene rings is 1. The minimum Gasteiger partial charge on any atom is -0.307 e. The van der Waals surface area contributed by atoms with Crippen LogP contribution in [0.1, 0.15) is 64.5 Å². The number of nitrogens with one attached hydrogen (secondary N) is 1. The molecule has 1 saturated carbocycles. The maximum absolute atomic E-state index is 3.98. The van der Waals surface area contributed by atoms with Crippen molar-refractivity contribution in [1.29, 1.82) is 0 Å². The molecule has 19 heavy (non-hydrogen) atoms. The van der Waals surface area contributed by atoms with Crippen LogP contribution in [0.15, 0.2) is 30.3 Å². The largest absolute Gasteiger partial charge is 0.307 e. The average Bonchev–Trinajstić information content (AvgIpc) is 2.85. The van der Waals surface area contributed by atoms with E-state index in [1.54, 1.807) is 0 Å². The SMILES string of the molecule is CCC(CC)C(NC1CCCC1C)c1ccccc1. The highest BCUT2D eigenvalue weighted by molar-refractivity contribution is 5.20. The van der Waals surface area contributed by atoms with Crippen molar-refractivity contribution in [1.82, 2.24) is 5.32 Å². The summed E-state index contributed by atoms with van der Waals surface area (Å²) in [6, 6.07) is 12.3.